The number of nitrogens with zero attached hydrogens (tertiary/aromatic N) is 2. The summed E-state index contributed by atoms with van der Waals surface area (Å²) in [6.45, 7) is 2.47. The number of rotatable bonds is 8. The van der Waals surface area contributed by atoms with Crippen LogP contribution in [0, 0.1) is 0 Å². The summed E-state index contributed by atoms with van der Waals surface area (Å²) in [4.78, 5) is 32.0. The molecule has 2 aromatic carbocycles. The van der Waals surface area contributed by atoms with Crippen molar-refractivity contribution in [3.05, 3.63) is 89.3 Å². The third-order valence-electron chi connectivity index (χ3n) is 5.79. The van der Waals surface area contributed by atoms with Gasteiger partial charge in [-0.25, -0.2) is 0 Å². The molecule has 1 unspecified atom stereocenters. The predicted molar refractivity (Wildman–Crippen MR) is 129 cm³/mol. The van der Waals surface area contributed by atoms with E-state index in [2.05, 4.69) is 4.98 Å². The Morgan fingerprint density at radius 3 is 2.46 bits per heavy atom. The number of aliphatic hydroxyl groups excluding tert-OH is 1. The highest BCUT2D eigenvalue weighted by molar-refractivity contribution is 6.46. The van der Waals surface area contributed by atoms with Crippen LogP contribution >= 0.6 is 0 Å². The van der Waals surface area contributed by atoms with Gasteiger partial charge in [-0.15, -0.1) is 0 Å². The van der Waals surface area contributed by atoms with Crippen molar-refractivity contribution in [1.82, 2.24) is 9.88 Å². The van der Waals surface area contributed by atoms with Crippen LogP contribution in [0.5, 0.6) is 17.2 Å². The van der Waals surface area contributed by atoms with Crippen LogP contribution in [0.15, 0.2) is 72.6 Å². The summed E-state index contributed by atoms with van der Waals surface area (Å²) in [5, 5.41) is 11.3. The molecule has 1 aliphatic heterocycles. The number of Topliss-reactive ketones (excluding diaryl/α,β-unsaturated/α-hetero) is 1. The Bertz CT molecular complexity index is 1270. The van der Waals surface area contributed by atoms with Gasteiger partial charge in [-0.1, -0.05) is 18.2 Å². The van der Waals surface area contributed by atoms with Crippen LogP contribution in [0.25, 0.3) is 5.76 Å². The summed E-state index contributed by atoms with van der Waals surface area (Å²) in [5.74, 6) is -0.240. The van der Waals surface area contributed by atoms with Gasteiger partial charge < -0.3 is 24.2 Å². The number of hydrogen-bond donors (Lipinski definition) is 1. The maximum Gasteiger partial charge on any atom is 0.295 e. The van der Waals surface area contributed by atoms with Gasteiger partial charge in [0.1, 0.15) is 11.5 Å². The molecule has 0 saturated carbocycles. The predicted octanol–water partition coefficient (Wildman–Crippen LogP) is 4.12. The largest absolute Gasteiger partial charge is 0.507 e. The molecule has 1 aromatic heterocycles. The van der Waals surface area contributed by atoms with Crippen LogP contribution in [0.2, 0.25) is 0 Å². The zero-order valence-electron chi connectivity index (χ0n) is 19.7. The van der Waals surface area contributed by atoms with Crippen molar-refractivity contribution in [2.75, 3.05) is 20.8 Å². The summed E-state index contributed by atoms with van der Waals surface area (Å²) < 4.78 is 16.4. The van der Waals surface area contributed by atoms with Gasteiger partial charge in [0.15, 0.2) is 11.5 Å². The highest BCUT2D eigenvalue weighted by atomic mass is 16.5. The molecule has 3 aromatic rings. The number of amides is 1. The topological polar surface area (TPSA) is 98.2 Å². The second-order valence-corrected chi connectivity index (χ2v) is 7.86. The number of methoxy groups -OCH3 is 2. The smallest absolute Gasteiger partial charge is 0.295 e. The summed E-state index contributed by atoms with van der Waals surface area (Å²) in [7, 11) is 3.03. The van der Waals surface area contributed by atoms with Crippen molar-refractivity contribution in [2.24, 2.45) is 0 Å². The summed E-state index contributed by atoms with van der Waals surface area (Å²) >= 11 is 0. The van der Waals surface area contributed by atoms with Gasteiger partial charge in [0.2, 0.25) is 0 Å². The number of likely N-dealkylation sites (tertiary alicyclic amines) is 1. The number of ether oxygens (including phenoxy) is 3. The van der Waals surface area contributed by atoms with E-state index in [-0.39, 0.29) is 17.9 Å². The lowest BCUT2D eigenvalue weighted by molar-refractivity contribution is -0.140. The molecule has 1 aliphatic rings. The van der Waals surface area contributed by atoms with E-state index in [4.69, 9.17) is 14.2 Å². The molecule has 8 nitrogen and oxygen atoms in total. The van der Waals surface area contributed by atoms with Crippen molar-refractivity contribution in [2.45, 2.75) is 19.5 Å². The maximum atomic E-state index is 13.3. The number of hydrogen-bond acceptors (Lipinski definition) is 7. The number of ketones is 1. The second-order valence-electron chi connectivity index (χ2n) is 7.86. The molecule has 0 radical (unpaired) electrons. The molecule has 0 aliphatic carbocycles. The lowest BCUT2D eigenvalue weighted by Crippen LogP contribution is -2.29. The van der Waals surface area contributed by atoms with Crippen LogP contribution in [0.1, 0.15) is 29.7 Å². The number of pyridine rings is 1. The average molecular weight is 475 g/mol. The number of aromatic nitrogens is 1. The van der Waals surface area contributed by atoms with Gasteiger partial charge in [0.25, 0.3) is 11.7 Å². The average Bonchev–Trinajstić information content (AvgIpc) is 3.14. The van der Waals surface area contributed by atoms with Gasteiger partial charge >= 0.3 is 0 Å². The zero-order chi connectivity index (χ0) is 24.9. The Kier molecular flexibility index (Phi) is 7.01. The van der Waals surface area contributed by atoms with E-state index < -0.39 is 17.7 Å². The first-order valence-corrected chi connectivity index (χ1v) is 11.1. The standard InChI is InChI=1S/C27H26N2O6/c1-4-35-21-9-8-18(15-22(21)34-3)24-23(25(30)19-6-5-7-20(14-19)33-2)26(31)27(32)29(24)16-17-10-12-28-13-11-17/h5-15,24,30H,4,16H2,1-3H3. The molecule has 1 N–H and O–H groups in total. The summed E-state index contributed by atoms with van der Waals surface area (Å²) in [6, 6.07) is 14.6. The summed E-state index contributed by atoms with van der Waals surface area (Å²) in [6.07, 6.45) is 3.24. The van der Waals surface area contributed by atoms with Crippen molar-refractivity contribution in [1.29, 1.82) is 0 Å². The fourth-order valence-corrected chi connectivity index (χ4v) is 4.13. The Morgan fingerprint density at radius 2 is 1.77 bits per heavy atom. The molecule has 1 amide bonds. The molecular weight excluding hydrogens is 448 g/mol. The van der Waals surface area contributed by atoms with E-state index in [1.54, 1.807) is 67.0 Å². The van der Waals surface area contributed by atoms with Gasteiger partial charge in [-0.2, -0.15) is 0 Å². The van der Waals surface area contributed by atoms with Gasteiger partial charge in [-0.05, 0) is 54.4 Å². The van der Waals surface area contributed by atoms with Crippen LogP contribution < -0.4 is 14.2 Å². The molecule has 1 saturated heterocycles. The first-order valence-electron chi connectivity index (χ1n) is 11.1. The quantitative estimate of drug-likeness (QED) is 0.298. The van der Waals surface area contributed by atoms with Gasteiger partial charge in [-0.3, -0.25) is 14.6 Å². The SMILES string of the molecule is CCOc1ccc(C2C(=C(O)c3cccc(OC)c3)C(=O)C(=O)N2Cc2ccncc2)cc1OC. The Hall–Kier alpha value is -4.33. The lowest BCUT2D eigenvalue weighted by atomic mass is 9.94. The minimum Gasteiger partial charge on any atom is -0.507 e. The van der Waals surface area contributed by atoms with Gasteiger partial charge in [0.05, 0.1) is 32.4 Å². The summed E-state index contributed by atoms with van der Waals surface area (Å²) in [5.41, 5.74) is 1.76. The Balaban J connectivity index is 1.89. The van der Waals surface area contributed by atoms with Gasteiger partial charge in [0, 0.05) is 24.5 Å². The normalized spacial score (nSPS) is 16.9. The first kappa shape index (κ1) is 23.8. The third kappa shape index (κ3) is 4.68. The molecule has 1 atom stereocenters. The molecule has 35 heavy (non-hydrogen) atoms. The molecular formula is C27H26N2O6. The molecule has 180 valence electrons. The van der Waals surface area contributed by atoms with Crippen LogP contribution in [0.3, 0.4) is 0 Å². The molecule has 2 heterocycles. The van der Waals surface area contributed by atoms with Crippen molar-refractivity contribution in [3.8, 4) is 17.2 Å². The van der Waals surface area contributed by atoms with E-state index in [1.807, 2.05) is 6.92 Å². The molecule has 0 bridgehead atoms. The minimum atomic E-state index is -0.848. The third-order valence-corrected chi connectivity index (χ3v) is 5.79. The molecule has 4 rings (SSSR count). The minimum absolute atomic E-state index is 0.0106. The van der Waals surface area contributed by atoms with E-state index in [9.17, 15) is 14.7 Å². The fraction of sp³-hybridized carbons (Fsp3) is 0.222. The number of carbonyl (C=O) groups excluding carboxylic acids is 2. The zero-order valence-corrected chi connectivity index (χ0v) is 19.7. The van der Waals surface area contributed by atoms with Crippen molar-refractivity contribution >= 4 is 17.4 Å². The highest BCUT2D eigenvalue weighted by Crippen LogP contribution is 2.42. The molecule has 0 spiro atoms. The van der Waals surface area contributed by atoms with E-state index in [0.717, 1.165) is 5.56 Å². The molecule has 1 fully saturated rings. The van der Waals surface area contributed by atoms with Crippen molar-refractivity contribution < 1.29 is 28.9 Å². The number of aliphatic hydroxyl groups is 1. The fourth-order valence-electron chi connectivity index (χ4n) is 4.13. The van der Waals surface area contributed by atoms with Crippen LogP contribution in [0.4, 0.5) is 0 Å². The van der Waals surface area contributed by atoms with E-state index >= 15 is 0 Å². The second kappa shape index (κ2) is 10.3. The monoisotopic (exact) mass is 474 g/mol. The van der Waals surface area contributed by atoms with Crippen LogP contribution in [-0.2, 0) is 16.1 Å². The van der Waals surface area contributed by atoms with E-state index in [0.29, 0.717) is 35.0 Å². The lowest BCUT2D eigenvalue weighted by Gasteiger charge is -2.26. The van der Waals surface area contributed by atoms with E-state index in [1.165, 1.54) is 19.1 Å². The highest BCUT2D eigenvalue weighted by Gasteiger charge is 2.46. The maximum absolute atomic E-state index is 13.3. The molecule has 8 heteroatoms. The van der Waals surface area contributed by atoms with Crippen molar-refractivity contribution in [3.63, 3.8) is 0 Å². The first-order chi connectivity index (χ1) is 17.0. The number of benzene rings is 2. The van der Waals surface area contributed by atoms with Crippen LogP contribution in [-0.4, -0.2) is 47.5 Å². The Labute approximate surface area is 203 Å². The Morgan fingerprint density at radius 1 is 1.00 bits per heavy atom. The number of carbonyl (C=O) groups is 2.